The number of carbonyl (C=O) groups excluding carboxylic acids is 2. The molecule has 5 heteroatoms. The largest absolute Gasteiger partial charge is 0.325 e. The zero-order chi connectivity index (χ0) is 14.9. The third-order valence-corrected chi connectivity index (χ3v) is 3.45. The summed E-state index contributed by atoms with van der Waals surface area (Å²) in [7, 11) is 0. The minimum Gasteiger partial charge on any atom is -0.323 e. The summed E-state index contributed by atoms with van der Waals surface area (Å²) >= 11 is 0. The summed E-state index contributed by atoms with van der Waals surface area (Å²) in [4.78, 5) is 25.5. The van der Waals surface area contributed by atoms with E-state index in [1.54, 1.807) is 25.1 Å². The maximum absolute atomic E-state index is 13.6. The summed E-state index contributed by atoms with van der Waals surface area (Å²) in [6.07, 6.45) is 0.561. The van der Waals surface area contributed by atoms with Gasteiger partial charge in [0.05, 0.1) is 6.54 Å². The van der Waals surface area contributed by atoms with E-state index in [0.717, 1.165) is 4.90 Å². The fraction of sp³-hybridized carbons (Fsp3) is 0.467. The first-order chi connectivity index (χ1) is 9.33. The second-order valence-electron chi connectivity index (χ2n) is 5.84. The fourth-order valence-electron chi connectivity index (χ4n) is 2.64. The van der Waals surface area contributed by atoms with Crippen molar-refractivity contribution in [3.63, 3.8) is 0 Å². The Hall–Kier alpha value is -1.91. The van der Waals surface area contributed by atoms with E-state index in [0.29, 0.717) is 12.0 Å². The maximum Gasteiger partial charge on any atom is 0.325 e. The molecule has 4 nitrogen and oxygen atoms in total. The second-order valence-corrected chi connectivity index (χ2v) is 5.84. The van der Waals surface area contributed by atoms with Crippen LogP contribution in [0.1, 0.15) is 32.8 Å². The quantitative estimate of drug-likeness (QED) is 0.861. The van der Waals surface area contributed by atoms with Crippen LogP contribution in [-0.4, -0.2) is 22.4 Å². The molecular formula is C15H19FN2O2. The third-order valence-electron chi connectivity index (χ3n) is 3.45. The van der Waals surface area contributed by atoms with Crippen LogP contribution in [0.15, 0.2) is 24.3 Å². The molecule has 0 spiro atoms. The number of imide groups is 1. The number of amides is 3. The zero-order valence-electron chi connectivity index (χ0n) is 11.9. The summed E-state index contributed by atoms with van der Waals surface area (Å²) < 4.78 is 13.6. The van der Waals surface area contributed by atoms with Crippen molar-refractivity contribution < 1.29 is 14.0 Å². The van der Waals surface area contributed by atoms with Gasteiger partial charge in [-0.25, -0.2) is 9.18 Å². The van der Waals surface area contributed by atoms with E-state index in [1.807, 2.05) is 13.8 Å². The highest BCUT2D eigenvalue weighted by molar-refractivity contribution is 6.06. The van der Waals surface area contributed by atoms with Crippen LogP contribution in [-0.2, 0) is 11.3 Å². The first kappa shape index (κ1) is 14.5. The van der Waals surface area contributed by atoms with Crippen LogP contribution in [0.5, 0.6) is 0 Å². The van der Waals surface area contributed by atoms with Gasteiger partial charge in [-0.2, -0.15) is 0 Å². The van der Waals surface area contributed by atoms with Gasteiger partial charge in [-0.3, -0.25) is 9.69 Å². The highest BCUT2D eigenvalue weighted by Gasteiger charge is 2.47. The van der Waals surface area contributed by atoms with Crippen LogP contribution in [0.3, 0.4) is 0 Å². The number of halogens is 1. The Kier molecular flexibility index (Phi) is 3.79. The lowest BCUT2D eigenvalue weighted by Gasteiger charge is -2.23. The molecule has 2 rings (SSSR count). The Morgan fingerprint density at radius 1 is 1.30 bits per heavy atom. The highest BCUT2D eigenvalue weighted by atomic mass is 19.1. The Balaban J connectivity index is 2.20. The van der Waals surface area contributed by atoms with Gasteiger partial charge in [0.25, 0.3) is 5.91 Å². The molecule has 1 saturated heterocycles. The molecule has 1 aliphatic rings. The molecule has 1 atom stereocenters. The summed E-state index contributed by atoms with van der Waals surface area (Å²) in [5.41, 5.74) is -0.555. The van der Waals surface area contributed by atoms with Crippen molar-refractivity contribution in [2.75, 3.05) is 0 Å². The van der Waals surface area contributed by atoms with Gasteiger partial charge in [0.15, 0.2) is 0 Å². The Labute approximate surface area is 118 Å². The monoisotopic (exact) mass is 278 g/mol. The normalized spacial score (nSPS) is 22.6. The van der Waals surface area contributed by atoms with Crippen molar-refractivity contribution in [2.24, 2.45) is 5.92 Å². The number of carbonyl (C=O) groups is 2. The van der Waals surface area contributed by atoms with E-state index >= 15 is 0 Å². The molecule has 1 unspecified atom stereocenters. The summed E-state index contributed by atoms with van der Waals surface area (Å²) in [5.74, 6) is -0.428. The topological polar surface area (TPSA) is 49.4 Å². The maximum atomic E-state index is 13.6. The molecule has 0 bridgehead atoms. The minimum absolute atomic E-state index is 0.0367. The molecule has 1 aliphatic heterocycles. The predicted molar refractivity (Wildman–Crippen MR) is 73.3 cm³/mol. The number of urea groups is 1. The first-order valence-corrected chi connectivity index (χ1v) is 6.71. The van der Waals surface area contributed by atoms with Crippen molar-refractivity contribution in [3.05, 3.63) is 35.6 Å². The van der Waals surface area contributed by atoms with Crippen LogP contribution in [0.25, 0.3) is 0 Å². The molecular weight excluding hydrogens is 259 g/mol. The molecule has 0 radical (unpaired) electrons. The van der Waals surface area contributed by atoms with Crippen LogP contribution >= 0.6 is 0 Å². The van der Waals surface area contributed by atoms with E-state index in [2.05, 4.69) is 5.32 Å². The van der Waals surface area contributed by atoms with Gasteiger partial charge in [0, 0.05) is 5.56 Å². The predicted octanol–water partition coefficient (Wildman–Crippen LogP) is 2.68. The molecule has 1 heterocycles. The van der Waals surface area contributed by atoms with Crippen LogP contribution in [0, 0.1) is 11.7 Å². The number of hydrogen-bond acceptors (Lipinski definition) is 2. The van der Waals surface area contributed by atoms with Gasteiger partial charge < -0.3 is 5.32 Å². The lowest BCUT2D eigenvalue weighted by Crippen LogP contribution is -2.44. The number of nitrogens with zero attached hydrogens (tertiary/aromatic N) is 1. The van der Waals surface area contributed by atoms with Crippen LogP contribution < -0.4 is 5.32 Å². The standard InChI is InChI=1S/C15H19FN2O2/c1-10(2)8-15(3)13(19)18(14(20)17-15)9-11-6-4-5-7-12(11)16/h4-7,10H,8-9H2,1-3H3,(H,17,20). The van der Waals surface area contributed by atoms with E-state index in [-0.39, 0.29) is 18.4 Å². The lowest BCUT2D eigenvalue weighted by atomic mass is 9.91. The van der Waals surface area contributed by atoms with Crippen molar-refractivity contribution in [1.82, 2.24) is 10.2 Å². The summed E-state index contributed by atoms with van der Waals surface area (Å²) in [5, 5.41) is 2.72. The molecule has 1 fully saturated rings. The number of rotatable bonds is 4. The average molecular weight is 278 g/mol. The van der Waals surface area contributed by atoms with Gasteiger partial charge in [-0.1, -0.05) is 32.0 Å². The van der Waals surface area contributed by atoms with Gasteiger partial charge in [0.1, 0.15) is 11.4 Å². The molecule has 0 aromatic heterocycles. The minimum atomic E-state index is -0.892. The zero-order valence-corrected chi connectivity index (χ0v) is 11.9. The average Bonchev–Trinajstić information content (AvgIpc) is 2.54. The molecule has 1 aromatic carbocycles. The Bertz CT molecular complexity index is 544. The molecule has 1 N–H and O–H groups in total. The van der Waals surface area contributed by atoms with E-state index in [9.17, 15) is 14.0 Å². The number of nitrogens with one attached hydrogen (secondary N) is 1. The number of hydrogen-bond donors (Lipinski definition) is 1. The Morgan fingerprint density at radius 3 is 2.55 bits per heavy atom. The SMILES string of the molecule is CC(C)CC1(C)NC(=O)N(Cc2ccccc2F)C1=O. The van der Waals surface area contributed by atoms with Gasteiger partial charge in [0.2, 0.25) is 0 Å². The third kappa shape index (κ3) is 2.66. The molecule has 1 aromatic rings. The summed E-state index contributed by atoms with van der Waals surface area (Å²) in [6, 6.07) is 5.70. The van der Waals surface area contributed by atoms with E-state index in [4.69, 9.17) is 0 Å². The van der Waals surface area contributed by atoms with Crippen molar-refractivity contribution in [3.8, 4) is 0 Å². The van der Waals surface area contributed by atoms with Crippen LogP contribution in [0.2, 0.25) is 0 Å². The fourth-order valence-corrected chi connectivity index (χ4v) is 2.64. The summed E-state index contributed by atoms with van der Waals surface area (Å²) in [6.45, 7) is 5.66. The number of benzene rings is 1. The lowest BCUT2D eigenvalue weighted by molar-refractivity contribution is -0.131. The van der Waals surface area contributed by atoms with Crippen molar-refractivity contribution in [2.45, 2.75) is 39.3 Å². The van der Waals surface area contributed by atoms with E-state index < -0.39 is 17.4 Å². The van der Waals surface area contributed by atoms with Crippen molar-refractivity contribution >= 4 is 11.9 Å². The van der Waals surface area contributed by atoms with Gasteiger partial charge >= 0.3 is 6.03 Å². The molecule has 20 heavy (non-hydrogen) atoms. The van der Waals surface area contributed by atoms with Gasteiger partial charge in [-0.15, -0.1) is 0 Å². The van der Waals surface area contributed by atoms with Gasteiger partial charge in [-0.05, 0) is 25.3 Å². The molecule has 0 aliphatic carbocycles. The molecule has 3 amide bonds. The molecule has 0 saturated carbocycles. The van der Waals surface area contributed by atoms with Crippen molar-refractivity contribution in [1.29, 1.82) is 0 Å². The second kappa shape index (κ2) is 5.23. The Morgan fingerprint density at radius 2 is 1.95 bits per heavy atom. The smallest absolute Gasteiger partial charge is 0.323 e. The first-order valence-electron chi connectivity index (χ1n) is 6.71. The van der Waals surface area contributed by atoms with E-state index in [1.165, 1.54) is 6.07 Å². The molecule has 108 valence electrons. The van der Waals surface area contributed by atoms with Crippen LogP contribution in [0.4, 0.5) is 9.18 Å². The highest BCUT2D eigenvalue weighted by Crippen LogP contribution is 2.26.